The largest absolute Gasteiger partial charge is 0.465 e. The highest BCUT2D eigenvalue weighted by Gasteiger charge is 2.14. The predicted octanol–water partition coefficient (Wildman–Crippen LogP) is 4.29. The van der Waals surface area contributed by atoms with E-state index in [0.29, 0.717) is 31.1 Å². The number of ether oxygens (including phenoxy) is 1. The highest BCUT2D eigenvalue weighted by Crippen LogP contribution is 2.20. The molecule has 2 aromatic carbocycles. The lowest BCUT2D eigenvalue weighted by atomic mass is 10.1. The van der Waals surface area contributed by atoms with Crippen molar-refractivity contribution in [3.05, 3.63) is 66.0 Å². The van der Waals surface area contributed by atoms with Gasteiger partial charge in [0.1, 0.15) is 0 Å². The summed E-state index contributed by atoms with van der Waals surface area (Å²) in [4.78, 5) is 23.8. The molecule has 0 atom stereocenters. The summed E-state index contributed by atoms with van der Waals surface area (Å²) in [6, 6.07) is 14.8. The molecule has 0 saturated carbocycles. The van der Waals surface area contributed by atoms with Gasteiger partial charge in [-0.15, -0.1) is 5.53 Å². The fraction of sp³-hybridized carbons (Fsp3) is 0.304. The van der Waals surface area contributed by atoms with Crippen molar-refractivity contribution in [1.29, 1.82) is 0 Å². The van der Waals surface area contributed by atoms with E-state index in [-0.39, 0.29) is 12.0 Å². The van der Waals surface area contributed by atoms with Gasteiger partial charge in [-0.2, -0.15) is 0 Å². The van der Waals surface area contributed by atoms with E-state index in [1.807, 2.05) is 80.5 Å². The number of aryl methyl sites for hydroxylation is 1. The quantitative estimate of drug-likeness (QED) is 0.473. The first kappa shape index (κ1) is 22.2. The molecule has 3 rings (SSSR count). The molecule has 1 aliphatic rings. The van der Waals surface area contributed by atoms with Gasteiger partial charge in [0, 0.05) is 36.1 Å². The SMILES string of the molecule is Cc1ccccc1NC(=O)Nc1ccc(N2C=C(CCOC(=O)CC(C)C)NN2)cc1. The Kier molecular flexibility index (Phi) is 7.50. The van der Waals surface area contributed by atoms with Gasteiger partial charge < -0.3 is 20.8 Å². The first-order chi connectivity index (χ1) is 14.9. The number of hydrogen-bond acceptors (Lipinski definition) is 6. The summed E-state index contributed by atoms with van der Waals surface area (Å²) in [5.74, 6) is 0.118. The summed E-state index contributed by atoms with van der Waals surface area (Å²) >= 11 is 0. The predicted molar refractivity (Wildman–Crippen MR) is 122 cm³/mol. The van der Waals surface area contributed by atoms with E-state index in [1.54, 1.807) is 0 Å². The maximum absolute atomic E-state index is 12.2. The zero-order valence-electron chi connectivity index (χ0n) is 18.1. The minimum Gasteiger partial charge on any atom is -0.465 e. The number of benzene rings is 2. The molecule has 2 aromatic rings. The molecule has 0 bridgehead atoms. The van der Waals surface area contributed by atoms with Crippen LogP contribution in [0.25, 0.3) is 0 Å². The number of rotatable bonds is 8. The van der Waals surface area contributed by atoms with Crippen LogP contribution >= 0.6 is 0 Å². The van der Waals surface area contributed by atoms with E-state index in [0.717, 1.165) is 22.6 Å². The Labute approximate surface area is 182 Å². The Morgan fingerprint density at radius 2 is 1.81 bits per heavy atom. The second-order valence-electron chi connectivity index (χ2n) is 7.77. The normalized spacial score (nSPS) is 12.9. The Morgan fingerprint density at radius 3 is 2.52 bits per heavy atom. The topological polar surface area (TPSA) is 94.7 Å². The molecule has 0 saturated heterocycles. The standard InChI is InChI=1S/C23H29N5O3/c1-16(2)14-22(29)31-13-12-19-15-28(27-26-19)20-10-8-18(9-11-20)24-23(30)25-21-7-5-4-6-17(21)3/h4-11,15-16,26-27H,12-14H2,1-3H3,(H2,24,25,30). The Hall–Kier alpha value is -3.52. The number of hydrazine groups is 2. The average Bonchev–Trinajstić information content (AvgIpc) is 3.18. The van der Waals surface area contributed by atoms with Crippen molar-refractivity contribution >= 4 is 29.1 Å². The van der Waals surface area contributed by atoms with Gasteiger partial charge in [-0.3, -0.25) is 9.80 Å². The summed E-state index contributed by atoms with van der Waals surface area (Å²) in [5, 5.41) is 7.49. The molecule has 2 amide bonds. The van der Waals surface area contributed by atoms with E-state index >= 15 is 0 Å². The van der Waals surface area contributed by atoms with Gasteiger partial charge in [0.05, 0.1) is 12.3 Å². The smallest absolute Gasteiger partial charge is 0.323 e. The monoisotopic (exact) mass is 423 g/mol. The second-order valence-corrected chi connectivity index (χ2v) is 7.77. The lowest BCUT2D eigenvalue weighted by Gasteiger charge is -2.16. The van der Waals surface area contributed by atoms with Crippen molar-refractivity contribution in [3.63, 3.8) is 0 Å². The van der Waals surface area contributed by atoms with Gasteiger partial charge in [0.15, 0.2) is 0 Å². The molecule has 0 radical (unpaired) electrons. The molecular weight excluding hydrogens is 394 g/mol. The third-order valence-electron chi connectivity index (χ3n) is 4.63. The summed E-state index contributed by atoms with van der Waals surface area (Å²) in [7, 11) is 0. The van der Waals surface area contributed by atoms with Crippen molar-refractivity contribution in [3.8, 4) is 0 Å². The fourth-order valence-corrected chi connectivity index (χ4v) is 2.99. The highest BCUT2D eigenvalue weighted by molar-refractivity contribution is 6.00. The number of carbonyl (C=O) groups is 2. The highest BCUT2D eigenvalue weighted by atomic mass is 16.5. The molecule has 1 aliphatic heterocycles. The minimum atomic E-state index is -0.294. The molecule has 4 N–H and O–H groups in total. The van der Waals surface area contributed by atoms with Gasteiger partial charge in [-0.25, -0.2) is 4.79 Å². The second kappa shape index (κ2) is 10.5. The number of urea groups is 1. The van der Waals surface area contributed by atoms with Crippen molar-refractivity contribution < 1.29 is 14.3 Å². The molecule has 1 heterocycles. The maximum atomic E-state index is 12.2. The number of para-hydroxylation sites is 1. The number of amides is 2. The molecule has 8 heteroatoms. The van der Waals surface area contributed by atoms with Crippen LogP contribution in [0.15, 0.2) is 60.4 Å². The minimum absolute atomic E-state index is 0.173. The maximum Gasteiger partial charge on any atom is 0.323 e. The molecule has 0 aliphatic carbocycles. The van der Waals surface area contributed by atoms with Crippen LogP contribution in [0.1, 0.15) is 32.3 Å². The molecule has 0 fully saturated rings. The summed E-state index contributed by atoms with van der Waals surface area (Å²) in [6.45, 7) is 6.25. The van der Waals surface area contributed by atoms with Crippen LogP contribution in [0.2, 0.25) is 0 Å². The third-order valence-corrected chi connectivity index (χ3v) is 4.63. The molecule has 8 nitrogen and oxygen atoms in total. The van der Waals surface area contributed by atoms with E-state index in [1.165, 1.54) is 0 Å². The lowest BCUT2D eigenvalue weighted by Crippen LogP contribution is -2.36. The zero-order valence-corrected chi connectivity index (χ0v) is 18.1. The van der Waals surface area contributed by atoms with Crippen LogP contribution in [0.3, 0.4) is 0 Å². The number of nitrogens with one attached hydrogen (secondary N) is 4. The Balaban J connectivity index is 1.48. The van der Waals surface area contributed by atoms with Crippen LogP contribution in [-0.2, 0) is 9.53 Å². The van der Waals surface area contributed by atoms with Gasteiger partial charge in [-0.1, -0.05) is 32.0 Å². The molecule has 31 heavy (non-hydrogen) atoms. The first-order valence-corrected chi connectivity index (χ1v) is 10.3. The Bertz CT molecular complexity index is 940. The first-order valence-electron chi connectivity index (χ1n) is 10.3. The van der Waals surface area contributed by atoms with Crippen LogP contribution in [0.5, 0.6) is 0 Å². The molecule has 164 valence electrons. The van der Waals surface area contributed by atoms with Crippen LogP contribution < -0.4 is 26.6 Å². The van der Waals surface area contributed by atoms with Crippen molar-refractivity contribution in [2.24, 2.45) is 5.92 Å². The van der Waals surface area contributed by atoms with E-state index in [4.69, 9.17) is 4.74 Å². The van der Waals surface area contributed by atoms with Gasteiger partial charge >= 0.3 is 12.0 Å². The molecular formula is C23H29N5O3. The van der Waals surface area contributed by atoms with Gasteiger partial charge in [-0.05, 0) is 48.7 Å². The van der Waals surface area contributed by atoms with E-state index in [2.05, 4.69) is 21.6 Å². The average molecular weight is 424 g/mol. The summed E-state index contributed by atoms with van der Waals surface area (Å²) in [6.07, 6.45) is 2.93. The van der Waals surface area contributed by atoms with Crippen LogP contribution in [0.4, 0.5) is 21.9 Å². The van der Waals surface area contributed by atoms with Crippen molar-refractivity contribution in [2.75, 3.05) is 22.2 Å². The van der Waals surface area contributed by atoms with Gasteiger partial charge in [0.25, 0.3) is 0 Å². The van der Waals surface area contributed by atoms with Crippen LogP contribution in [0, 0.1) is 12.8 Å². The van der Waals surface area contributed by atoms with E-state index in [9.17, 15) is 9.59 Å². The van der Waals surface area contributed by atoms with Gasteiger partial charge in [0.2, 0.25) is 0 Å². The number of anilines is 3. The third kappa shape index (κ3) is 6.75. The summed E-state index contributed by atoms with van der Waals surface area (Å²) in [5.41, 5.74) is 10.4. The summed E-state index contributed by atoms with van der Waals surface area (Å²) < 4.78 is 5.25. The lowest BCUT2D eigenvalue weighted by molar-refractivity contribution is -0.144. The molecule has 0 unspecified atom stereocenters. The number of esters is 1. The van der Waals surface area contributed by atoms with Crippen LogP contribution in [-0.4, -0.2) is 18.6 Å². The molecule has 0 aromatic heterocycles. The van der Waals surface area contributed by atoms with Crippen molar-refractivity contribution in [1.82, 2.24) is 11.0 Å². The molecule has 0 spiro atoms. The number of nitrogens with zero attached hydrogens (tertiary/aromatic N) is 1. The number of hydrogen-bond donors (Lipinski definition) is 4. The zero-order chi connectivity index (χ0) is 22.2. The van der Waals surface area contributed by atoms with E-state index < -0.39 is 0 Å². The fourth-order valence-electron chi connectivity index (χ4n) is 2.99. The van der Waals surface area contributed by atoms with Crippen molar-refractivity contribution in [2.45, 2.75) is 33.6 Å². The Morgan fingerprint density at radius 1 is 1.06 bits per heavy atom. The number of carbonyl (C=O) groups excluding carboxylic acids is 2.